The molecule has 1 aliphatic rings. The van der Waals surface area contributed by atoms with Gasteiger partial charge >= 0.3 is 0 Å². The van der Waals surface area contributed by atoms with Crippen LogP contribution in [0.15, 0.2) is 23.8 Å². The molecule has 0 aromatic heterocycles. The van der Waals surface area contributed by atoms with Gasteiger partial charge in [-0.05, 0) is 50.5 Å². The molecule has 17 heavy (non-hydrogen) atoms. The van der Waals surface area contributed by atoms with Crippen LogP contribution >= 0.6 is 12.6 Å². The first-order valence-corrected chi connectivity index (χ1v) is 7.08. The molecular weight excluding hydrogens is 228 g/mol. The van der Waals surface area contributed by atoms with Crippen molar-refractivity contribution in [1.29, 1.82) is 0 Å². The number of rotatable bonds is 5. The first-order valence-electron chi connectivity index (χ1n) is 6.56. The van der Waals surface area contributed by atoms with Crippen LogP contribution in [-0.2, 0) is 0 Å². The topological polar surface area (TPSA) is 20.2 Å². The van der Waals surface area contributed by atoms with Gasteiger partial charge in [0.05, 0.1) is 5.60 Å². The van der Waals surface area contributed by atoms with E-state index < -0.39 is 5.60 Å². The number of hydrogen-bond donors (Lipinski definition) is 2. The van der Waals surface area contributed by atoms with E-state index in [0.717, 1.165) is 19.3 Å². The van der Waals surface area contributed by atoms with Crippen LogP contribution in [0.1, 0.15) is 47.0 Å². The molecular formula is C15H26OS. The Kier molecular flexibility index (Phi) is 5.33. The number of thiol groups is 1. The van der Waals surface area contributed by atoms with Crippen molar-refractivity contribution in [2.75, 3.05) is 0 Å². The van der Waals surface area contributed by atoms with Gasteiger partial charge in [0.15, 0.2) is 0 Å². The van der Waals surface area contributed by atoms with Gasteiger partial charge in [-0.15, -0.1) is 0 Å². The Balaban J connectivity index is 2.44. The van der Waals surface area contributed by atoms with Gasteiger partial charge in [0.2, 0.25) is 0 Å². The minimum Gasteiger partial charge on any atom is -0.390 e. The Hall–Kier alpha value is -0.210. The average molecular weight is 254 g/mol. The lowest BCUT2D eigenvalue weighted by molar-refractivity contribution is 0.0694. The van der Waals surface area contributed by atoms with E-state index in [-0.39, 0.29) is 5.25 Å². The molecule has 0 heterocycles. The largest absolute Gasteiger partial charge is 0.390 e. The first kappa shape index (κ1) is 14.8. The second kappa shape index (κ2) is 6.10. The molecule has 1 nitrogen and oxygen atoms in total. The Labute approximate surface area is 111 Å². The Morgan fingerprint density at radius 1 is 1.53 bits per heavy atom. The molecule has 0 saturated heterocycles. The van der Waals surface area contributed by atoms with E-state index in [0.29, 0.717) is 11.8 Å². The van der Waals surface area contributed by atoms with Crippen molar-refractivity contribution in [3.63, 3.8) is 0 Å². The predicted molar refractivity (Wildman–Crippen MR) is 78.5 cm³/mol. The van der Waals surface area contributed by atoms with Crippen molar-refractivity contribution >= 4 is 12.6 Å². The quantitative estimate of drug-likeness (QED) is 0.711. The summed E-state index contributed by atoms with van der Waals surface area (Å²) in [7, 11) is 0. The summed E-state index contributed by atoms with van der Waals surface area (Å²) >= 11 is 4.59. The molecule has 98 valence electrons. The fourth-order valence-corrected chi connectivity index (χ4v) is 3.08. The monoisotopic (exact) mass is 254 g/mol. The average Bonchev–Trinajstić information content (AvgIpc) is 2.15. The summed E-state index contributed by atoms with van der Waals surface area (Å²) in [5.74, 6) is 1.21. The molecule has 0 aromatic rings. The van der Waals surface area contributed by atoms with Crippen molar-refractivity contribution in [2.24, 2.45) is 11.8 Å². The standard InChI is InChI=1S/C15H26OS/c1-11-5-7-13(8-6-11)12(2)9-14(17)10-15(3,4)16/h5,7-8,11-12,14,16-17H,6,9-10H2,1-4H3. The molecule has 1 N–H and O–H groups in total. The summed E-state index contributed by atoms with van der Waals surface area (Å²) in [6.45, 7) is 8.19. The maximum absolute atomic E-state index is 9.77. The maximum Gasteiger partial charge on any atom is 0.0602 e. The molecule has 0 radical (unpaired) electrons. The summed E-state index contributed by atoms with van der Waals surface area (Å²) in [6.07, 6.45) is 9.81. The van der Waals surface area contributed by atoms with Gasteiger partial charge in [-0.3, -0.25) is 0 Å². The molecule has 1 aliphatic carbocycles. The van der Waals surface area contributed by atoms with Crippen LogP contribution in [0.5, 0.6) is 0 Å². The Morgan fingerprint density at radius 3 is 2.65 bits per heavy atom. The van der Waals surface area contributed by atoms with Crippen LogP contribution < -0.4 is 0 Å². The molecule has 0 amide bonds. The Morgan fingerprint density at radius 2 is 2.18 bits per heavy atom. The van der Waals surface area contributed by atoms with Gasteiger partial charge < -0.3 is 5.11 Å². The molecule has 1 rings (SSSR count). The van der Waals surface area contributed by atoms with Gasteiger partial charge in [0.25, 0.3) is 0 Å². The molecule has 0 fully saturated rings. The van der Waals surface area contributed by atoms with Crippen molar-refractivity contribution in [3.05, 3.63) is 23.8 Å². The smallest absolute Gasteiger partial charge is 0.0602 e. The predicted octanol–water partition coefficient (Wildman–Crippen LogP) is 3.99. The van der Waals surface area contributed by atoms with Crippen LogP contribution in [0.2, 0.25) is 0 Å². The second-order valence-electron chi connectivity index (χ2n) is 6.08. The van der Waals surface area contributed by atoms with Crippen molar-refractivity contribution in [3.8, 4) is 0 Å². The van der Waals surface area contributed by atoms with Crippen LogP contribution in [-0.4, -0.2) is 16.0 Å². The van der Waals surface area contributed by atoms with Crippen molar-refractivity contribution in [1.82, 2.24) is 0 Å². The third kappa shape index (κ3) is 5.78. The molecule has 0 aliphatic heterocycles. The van der Waals surface area contributed by atoms with Crippen LogP contribution in [0.3, 0.4) is 0 Å². The molecule has 0 bridgehead atoms. The van der Waals surface area contributed by atoms with Crippen LogP contribution in [0, 0.1) is 11.8 Å². The fraction of sp³-hybridized carbons (Fsp3) is 0.733. The zero-order valence-electron chi connectivity index (χ0n) is 11.5. The van der Waals surface area contributed by atoms with E-state index in [9.17, 15) is 5.11 Å². The maximum atomic E-state index is 9.77. The minimum atomic E-state index is -0.614. The van der Waals surface area contributed by atoms with E-state index >= 15 is 0 Å². The number of aliphatic hydroxyl groups is 1. The number of allylic oxidation sites excluding steroid dienone is 4. The Bertz CT molecular complexity index is 299. The molecule has 0 spiro atoms. The lowest BCUT2D eigenvalue weighted by Crippen LogP contribution is -2.24. The van der Waals surface area contributed by atoms with Gasteiger partial charge in [-0.2, -0.15) is 12.6 Å². The zero-order chi connectivity index (χ0) is 13.1. The molecule has 3 unspecified atom stereocenters. The summed E-state index contributed by atoms with van der Waals surface area (Å²) in [6, 6.07) is 0. The highest BCUT2D eigenvalue weighted by Gasteiger charge is 2.20. The zero-order valence-corrected chi connectivity index (χ0v) is 12.4. The summed E-state index contributed by atoms with van der Waals surface area (Å²) < 4.78 is 0. The first-order chi connectivity index (χ1) is 7.78. The highest BCUT2D eigenvalue weighted by molar-refractivity contribution is 7.80. The SMILES string of the molecule is CC1C=CC(C(C)CC(S)CC(C)(C)O)=CC1. The van der Waals surface area contributed by atoms with E-state index in [1.165, 1.54) is 5.57 Å². The molecule has 2 heteroatoms. The normalized spacial score (nSPS) is 24.4. The second-order valence-corrected chi connectivity index (χ2v) is 6.81. The van der Waals surface area contributed by atoms with E-state index in [2.05, 4.69) is 44.7 Å². The van der Waals surface area contributed by atoms with Gasteiger partial charge in [0.1, 0.15) is 0 Å². The summed E-state index contributed by atoms with van der Waals surface area (Å²) in [4.78, 5) is 0. The number of hydrogen-bond acceptors (Lipinski definition) is 2. The van der Waals surface area contributed by atoms with E-state index in [1.807, 2.05) is 13.8 Å². The third-order valence-electron chi connectivity index (χ3n) is 3.27. The third-order valence-corrected chi connectivity index (χ3v) is 3.67. The molecule has 0 saturated carbocycles. The summed E-state index contributed by atoms with van der Waals surface area (Å²) in [5, 5.41) is 10.0. The fourth-order valence-electron chi connectivity index (χ4n) is 2.31. The lowest BCUT2D eigenvalue weighted by Gasteiger charge is -2.25. The minimum absolute atomic E-state index is 0.263. The van der Waals surface area contributed by atoms with Crippen LogP contribution in [0.25, 0.3) is 0 Å². The lowest BCUT2D eigenvalue weighted by atomic mass is 9.87. The van der Waals surface area contributed by atoms with Crippen molar-refractivity contribution in [2.45, 2.75) is 57.8 Å². The van der Waals surface area contributed by atoms with Crippen molar-refractivity contribution < 1.29 is 5.11 Å². The van der Waals surface area contributed by atoms with Gasteiger partial charge in [-0.1, -0.05) is 32.1 Å². The van der Waals surface area contributed by atoms with Gasteiger partial charge in [-0.25, -0.2) is 0 Å². The molecule has 3 atom stereocenters. The van der Waals surface area contributed by atoms with Gasteiger partial charge in [0, 0.05) is 5.25 Å². The highest BCUT2D eigenvalue weighted by atomic mass is 32.1. The molecule has 0 aromatic carbocycles. The van der Waals surface area contributed by atoms with E-state index in [4.69, 9.17) is 0 Å². The van der Waals surface area contributed by atoms with Crippen LogP contribution in [0.4, 0.5) is 0 Å². The summed E-state index contributed by atoms with van der Waals surface area (Å²) in [5.41, 5.74) is 0.815. The van der Waals surface area contributed by atoms with E-state index in [1.54, 1.807) is 0 Å². The highest BCUT2D eigenvalue weighted by Crippen LogP contribution is 2.28.